The van der Waals surface area contributed by atoms with Crippen LogP contribution >= 0.6 is 11.8 Å². The fraction of sp³-hybridized carbons (Fsp3) is 1.00. The zero-order valence-corrected chi connectivity index (χ0v) is 6.00. The first-order chi connectivity index (χ1) is 3.71. The molecule has 1 fully saturated rings. The summed E-state index contributed by atoms with van der Waals surface area (Å²) >= 11 is 1.85. The first-order valence-electron chi connectivity index (χ1n) is 3.01. The summed E-state index contributed by atoms with van der Waals surface area (Å²) in [6, 6.07) is 0. The highest BCUT2D eigenvalue weighted by Gasteiger charge is 2.22. The number of hydrogen-bond donors (Lipinski definition) is 1. The van der Waals surface area contributed by atoms with Crippen molar-refractivity contribution in [2.45, 2.75) is 25.4 Å². The van der Waals surface area contributed by atoms with Crippen molar-refractivity contribution in [3.63, 3.8) is 0 Å². The van der Waals surface area contributed by atoms with Gasteiger partial charge in [0.2, 0.25) is 0 Å². The lowest BCUT2D eigenvalue weighted by Crippen LogP contribution is -2.30. The predicted octanol–water partition coefficient (Wildman–Crippen LogP) is 1.26. The maximum absolute atomic E-state index is 9.35. The van der Waals surface area contributed by atoms with Gasteiger partial charge in [0.1, 0.15) is 0 Å². The van der Waals surface area contributed by atoms with Crippen molar-refractivity contribution < 1.29 is 5.11 Å². The molecule has 0 aromatic rings. The van der Waals surface area contributed by atoms with Crippen molar-refractivity contribution in [1.82, 2.24) is 0 Å². The average Bonchev–Trinajstić information content (AvgIpc) is 1.65. The molecule has 1 heterocycles. The summed E-state index contributed by atoms with van der Waals surface area (Å²) in [7, 11) is 0. The normalized spacial score (nSPS) is 39.8. The Labute approximate surface area is 54.5 Å². The van der Waals surface area contributed by atoms with Gasteiger partial charge in [-0.3, -0.25) is 0 Å². The van der Waals surface area contributed by atoms with Gasteiger partial charge >= 0.3 is 0 Å². The van der Waals surface area contributed by atoms with Crippen LogP contribution in [0.1, 0.15) is 19.8 Å². The zero-order chi connectivity index (χ0) is 6.04. The lowest BCUT2D eigenvalue weighted by Gasteiger charge is -2.26. The summed E-state index contributed by atoms with van der Waals surface area (Å²) in [6.07, 6.45) is 2.16. The van der Waals surface area contributed by atoms with Gasteiger partial charge in [0.15, 0.2) is 0 Å². The van der Waals surface area contributed by atoms with E-state index in [2.05, 4.69) is 0 Å². The van der Waals surface area contributed by atoms with Crippen LogP contribution in [-0.4, -0.2) is 22.2 Å². The van der Waals surface area contributed by atoms with Crippen molar-refractivity contribution in [2.75, 3.05) is 11.5 Å². The second kappa shape index (κ2) is 2.28. The van der Waals surface area contributed by atoms with Crippen molar-refractivity contribution >= 4 is 11.8 Å². The van der Waals surface area contributed by atoms with Crippen molar-refractivity contribution in [3.05, 3.63) is 0 Å². The van der Waals surface area contributed by atoms with Crippen LogP contribution < -0.4 is 0 Å². The van der Waals surface area contributed by atoms with Crippen LogP contribution in [0, 0.1) is 0 Å². The van der Waals surface area contributed by atoms with E-state index in [0.717, 1.165) is 12.2 Å². The minimum absolute atomic E-state index is 0.358. The summed E-state index contributed by atoms with van der Waals surface area (Å²) in [5.41, 5.74) is -0.358. The van der Waals surface area contributed by atoms with Gasteiger partial charge in [-0.25, -0.2) is 0 Å². The maximum atomic E-state index is 9.35. The SMILES string of the molecule is CC1(O)CCCSC1. The predicted molar refractivity (Wildman–Crippen MR) is 37.2 cm³/mol. The third-order valence-corrected chi connectivity index (χ3v) is 2.82. The minimum Gasteiger partial charge on any atom is -0.389 e. The number of hydrogen-bond acceptors (Lipinski definition) is 2. The number of thioether (sulfide) groups is 1. The Morgan fingerprint density at radius 1 is 1.62 bits per heavy atom. The Kier molecular flexibility index (Phi) is 1.83. The molecule has 0 aromatic heterocycles. The van der Waals surface area contributed by atoms with Gasteiger partial charge in [0.25, 0.3) is 0 Å². The summed E-state index contributed by atoms with van der Waals surface area (Å²) in [5, 5.41) is 9.35. The molecule has 0 spiro atoms. The number of rotatable bonds is 0. The molecule has 0 bridgehead atoms. The van der Waals surface area contributed by atoms with Gasteiger partial charge in [-0.15, -0.1) is 0 Å². The van der Waals surface area contributed by atoms with Gasteiger partial charge in [-0.1, -0.05) is 0 Å². The Hall–Kier alpha value is 0.310. The fourth-order valence-electron chi connectivity index (χ4n) is 0.919. The first kappa shape index (κ1) is 6.43. The molecule has 1 rings (SSSR count). The monoisotopic (exact) mass is 132 g/mol. The number of aliphatic hydroxyl groups is 1. The van der Waals surface area contributed by atoms with Crippen molar-refractivity contribution in [2.24, 2.45) is 0 Å². The van der Waals surface area contributed by atoms with E-state index in [4.69, 9.17) is 0 Å². The molecule has 8 heavy (non-hydrogen) atoms. The molecule has 0 radical (unpaired) electrons. The first-order valence-corrected chi connectivity index (χ1v) is 4.16. The quantitative estimate of drug-likeness (QED) is 0.535. The molecule has 1 aliphatic heterocycles. The van der Waals surface area contributed by atoms with Crippen molar-refractivity contribution in [1.29, 1.82) is 0 Å². The summed E-state index contributed by atoms with van der Waals surface area (Å²) in [4.78, 5) is 0. The summed E-state index contributed by atoms with van der Waals surface area (Å²) in [5.74, 6) is 2.16. The second-order valence-electron chi connectivity index (χ2n) is 2.65. The molecule has 48 valence electrons. The molecule has 1 nitrogen and oxygen atoms in total. The Balaban J connectivity index is 2.33. The van der Waals surface area contributed by atoms with E-state index in [-0.39, 0.29) is 5.60 Å². The van der Waals surface area contributed by atoms with E-state index in [1.807, 2.05) is 18.7 Å². The Bertz CT molecular complexity index is 72.6. The molecule has 2 heteroatoms. The highest BCUT2D eigenvalue weighted by molar-refractivity contribution is 7.99. The van der Waals surface area contributed by atoms with Crippen LogP contribution in [0.4, 0.5) is 0 Å². The van der Waals surface area contributed by atoms with Crippen LogP contribution in [-0.2, 0) is 0 Å². The standard InChI is InChI=1S/C6H12OS/c1-6(7)3-2-4-8-5-6/h7H,2-5H2,1H3. The van der Waals surface area contributed by atoms with Crippen LogP contribution in [0.15, 0.2) is 0 Å². The van der Waals surface area contributed by atoms with E-state index in [1.165, 1.54) is 12.2 Å². The molecule has 1 atom stereocenters. The smallest absolute Gasteiger partial charge is 0.0710 e. The third-order valence-electron chi connectivity index (χ3n) is 1.42. The molecule has 0 aromatic carbocycles. The van der Waals surface area contributed by atoms with E-state index >= 15 is 0 Å². The summed E-state index contributed by atoms with van der Waals surface area (Å²) in [6.45, 7) is 1.92. The largest absolute Gasteiger partial charge is 0.389 e. The molecule has 0 aliphatic carbocycles. The molecule has 0 amide bonds. The van der Waals surface area contributed by atoms with E-state index in [0.29, 0.717) is 0 Å². The molecular weight excluding hydrogens is 120 g/mol. The molecule has 1 saturated heterocycles. The van der Waals surface area contributed by atoms with Gasteiger partial charge in [0, 0.05) is 5.75 Å². The fourth-order valence-corrected chi connectivity index (χ4v) is 2.00. The Morgan fingerprint density at radius 2 is 2.38 bits per heavy atom. The molecule has 1 aliphatic rings. The van der Waals surface area contributed by atoms with E-state index < -0.39 is 0 Å². The minimum atomic E-state index is -0.358. The van der Waals surface area contributed by atoms with Gasteiger partial charge in [-0.2, -0.15) is 11.8 Å². The van der Waals surface area contributed by atoms with Crippen molar-refractivity contribution in [3.8, 4) is 0 Å². The van der Waals surface area contributed by atoms with Gasteiger partial charge in [-0.05, 0) is 25.5 Å². The summed E-state index contributed by atoms with van der Waals surface area (Å²) < 4.78 is 0. The lowest BCUT2D eigenvalue weighted by molar-refractivity contribution is 0.0727. The maximum Gasteiger partial charge on any atom is 0.0710 e. The molecular formula is C6H12OS. The van der Waals surface area contributed by atoms with Gasteiger partial charge in [0.05, 0.1) is 5.60 Å². The third kappa shape index (κ3) is 1.67. The molecule has 0 saturated carbocycles. The second-order valence-corrected chi connectivity index (χ2v) is 3.76. The Morgan fingerprint density at radius 3 is 2.62 bits per heavy atom. The van der Waals surface area contributed by atoms with Crippen LogP contribution in [0.25, 0.3) is 0 Å². The lowest BCUT2D eigenvalue weighted by atomic mass is 10.0. The van der Waals surface area contributed by atoms with E-state index in [9.17, 15) is 5.11 Å². The average molecular weight is 132 g/mol. The van der Waals surface area contributed by atoms with Crippen LogP contribution in [0.3, 0.4) is 0 Å². The van der Waals surface area contributed by atoms with E-state index in [1.54, 1.807) is 0 Å². The topological polar surface area (TPSA) is 20.2 Å². The highest BCUT2D eigenvalue weighted by atomic mass is 32.2. The van der Waals surface area contributed by atoms with Crippen LogP contribution in [0.2, 0.25) is 0 Å². The zero-order valence-electron chi connectivity index (χ0n) is 5.18. The molecule has 1 N–H and O–H groups in total. The molecule has 1 unspecified atom stereocenters. The van der Waals surface area contributed by atoms with Gasteiger partial charge < -0.3 is 5.11 Å². The van der Waals surface area contributed by atoms with Crippen LogP contribution in [0.5, 0.6) is 0 Å². The highest BCUT2D eigenvalue weighted by Crippen LogP contribution is 2.25.